The quantitative estimate of drug-likeness (QED) is 0.298. The van der Waals surface area contributed by atoms with Crippen LogP contribution in [0.5, 0.6) is 11.5 Å². The first-order chi connectivity index (χ1) is 17.9. The molecule has 3 rings (SSSR count). The Bertz CT molecular complexity index is 1150. The number of hydrogen-bond donors (Lipinski definition) is 1. The normalized spacial score (nSPS) is 11.4. The van der Waals surface area contributed by atoms with Crippen LogP contribution in [0.25, 0.3) is 16.6 Å². The first-order valence-corrected chi connectivity index (χ1v) is 12.7. The Morgan fingerprint density at radius 3 is 2.46 bits per heavy atom. The van der Waals surface area contributed by atoms with Gasteiger partial charge in [0, 0.05) is 55.9 Å². The number of rotatable bonds is 12. The molecule has 7 heteroatoms. The van der Waals surface area contributed by atoms with Crippen molar-refractivity contribution in [2.75, 3.05) is 39.3 Å². The molecule has 37 heavy (non-hydrogen) atoms. The number of likely N-dealkylation sites (N-methyl/N-ethyl adjacent to an activating group) is 1. The number of aromatic nitrogens is 2. The number of allylic oxidation sites excluding steroid dienone is 2. The second kappa shape index (κ2) is 16.1. The molecule has 0 aliphatic carbocycles. The minimum atomic E-state index is 0.494. The van der Waals surface area contributed by atoms with Gasteiger partial charge in [0.05, 0.1) is 37.1 Å². The molecule has 0 amide bonds. The number of ether oxygens (including phenoxy) is 2. The zero-order valence-corrected chi connectivity index (χ0v) is 23.1. The zero-order chi connectivity index (χ0) is 27.0. The monoisotopic (exact) mass is 503 g/mol. The number of aliphatic imine (C=N–C) groups is 1. The molecule has 2 aromatic carbocycles. The Morgan fingerprint density at radius 1 is 1.11 bits per heavy atom. The SMILES string of the molecule is C=CN=C/C(=C\CCC)c1cnc2ccc(N(C)CCNC(C)C)cc2n1.COc1cccc(OC)c1. The van der Waals surface area contributed by atoms with Gasteiger partial charge >= 0.3 is 0 Å². The summed E-state index contributed by atoms with van der Waals surface area (Å²) in [5.74, 6) is 1.64. The van der Waals surface area contributed by atoms with Crippen LogP contribution in [0.2, 0.25) is 0 Å². The lowest BCUT2D eigenvalue weighted by Crippen LogP contribution is -2.32. The van der Waals surface area contributed by atoms with Gasteiger partial charge in [0.2, 0.25) is 0 Å². The lowest BCUT2D eigenvalue weighted by molar-refractivity contribution is 0.394. The lowest BCUT2D eigenvalue weighted by atomic mass is 10.1. The van der Waals surface area contributed by atoms with Gasteiger partial charge in [-0.15, -0.1) is 0 Å². The Kier molecular flexibility index (Phi) is 12.9. The van der Waals surface area contributed by atoms with Gasteiger partial charge in [0.1, 0.15) is 11.5 Å². The fourth-order valence-corrected chi connectivity index (χ4v) is 3.41. The van der Waals surface area contributed by atoms with Crippen molar-refractivity contribution in [2.45, 2.75) is 39.7 Å². The molecule has 0 bridgehead atoms. The van der Waals surface area contributed by atoms with E-state index in [0.717, 1.165) is 65.4 Å². The fourth-order valence-electron chi connectivity index (χ4n) is 3.41. The summed E-state index contributed by atoms with van der Waals surface area (Å²) in [4.78, 5) is 15.8. The van der Waals surface area contributed by atoms with Gasteiger partial charge in [-0.2, -0.15) is 0 Å². The second-order valence-electron chi connectivity index (χ2n) is 8.75. The molecule has 0 radical (unpaired) electrons. The number of benzene rings is 2. The van der Waals surface area contributed by atoms with E-state index in [0.29, 0.717) is 6.04 Å². The minimum absolute atomic E-state index is 0.494. The average Bonchev–Trinajstić information content (AvgIpc) is 2.92. The minimum Gasteiger partial charge on any atom is -0.497 e. The Labute approximate surface area is 222 Å². The molecule has 0 aliphatic rings. The highest BCUT2D eigenvalue weighted by Crippen LogP contribution is 2.21. The largest absolute Gasteiger partial charge is 0.497 e. The molecule has 1 aromatic heterocycles. The van der Waals surface area contributed by atoms with Crippen LogP contribution >= 0.6 is 0 Å². The van der Waals surface area contributed by atoms with Crippen LogP contribution in [0.1, 0.15) is 39.3 Å². The third-order valence-electron chi connectivity index (χ3n) is 5.51. The van der Waals surface area contributed by atoms with Gasteiger partial charge in [-0.3, -0.25) is 9.98 Å². The number of nitrogens with zero attached hydrogens (tertiary/aromatic N) is 4. The van der Waals surface area contributed by atoms with E-state index in [-0.39, 0.29) is 0 Å². The van der Waals surface area contributed by atoms with Crippen molar-refractivity contribution in [3.63, 3.8) is 0 Å². The molecule has 0 atom stereocenters. The summed E-state index contributed by atoms with van der Waals surface area (Å²) < 4.78 is 9.95. The third-order valence-corrected chi connectivity index (χ3v) is 5.51. The first kappa shape index (κ1) is 29.5. The molecule has 198 valence electrons. The third kappa shape index (κ3) is 10.1. The number of methoxy groups -OCH3 is 2. The van der Waals surface area contributed by atoms with E-state index in [1.165, 1.54) is 6.20 Å². The van der Waals surface area contributed by atoms with E-state index in [1.54, 1.807) is 20.4 Å². The van der Waals surface area contributed by atoms with E-state index in [9.17, 15) is 0 Å². The molecule has 0 saturated carbocycles. The predicted octanol–water partition coefficient (Wildman–Crippen LogP) is 6.17. The van der Waals surface area contributed by atoms with E-state index in [4.69, 9.17) is 14.5 Å². The van der Waals surface area contributed by atoms with Crippen LogP contribution in [-0.2, 0) is 0 Å². The molecule has 0 fully saturated rings. The van der Waals surface area contributed by atoms with Crippen molar-refractivity contribution >= 4 is 28.5 Å². The summed E-state index contributed by atoms with van der Waals surface area (Å²) in [7, 11) is 5.37. The highest BCUT2D eigenvalue weighted by molar-refractivity contribution is 6.09. The van der Waals surface area contributed by atoms with Gasteiger partial charge in [-0.1, -0.05) is 45.9 Å². The van der Waals surface area contributed by atoms with Crippen LogP contribution in [0.3, 0.4) is 0 Å². The summed E-state index contributed by atoms with van der Waals surface area (Å²) in [6.45, 7) is 12.0. The Morgan fingerprint density at radius 2 is 1.84 bits per heavy atom. The summed E-state index contributed by atoms with van der Waals surface area (Å²) in [5, 5.41) is 3.45. The van der Waals surface area contributed by atoms with Crippen molar-refractivity contribution in [3.8, 4) is 11.5 Å². The molecular weight excluding hydrogens is 462 g/mol. The Balaban J connectivity index is 0.000000402. The summed E-state index contributed by atoms with van der Waals surface area (Å²) in [5.41, 5.74) is 4.74. The smallest absolute Gasteiger partial charge is 0.122 e. The molecule has 1 N–H and O–H groups in total. The number of nitrogens with one attached hydrogen (secondary N) is 1. The van der Waals surface area contributed by atoms with E-state index in [2.05, 4.69) is 72.8 Å². The van der Waals surface area contributed by atoms with Gasteiger partial charge in [0.15, 0.2) is 0 Å². The summed E-state index contributed by atoms with van der Waals surface area (Å²) in [6, 6.07) is 14.2. The second-order valence-corrected chi connectivity index (χ2v) is 8.75. The highest BCUT2D eigenvalue weighted by atomic mass is 16.5. The van der Waals surface area contributed by atoms with Gasteiger partial charge < -0.3 is 19.7 Å². The van der Waals surface area contributed by atoms with Crippen molar-refractivity contribution < 1.29 is 9.47 Å². The number of hydrogen-bond acceptors (Lipinski definition) is 7. The maximum absolute atomic E-state index is 4.98. The molecular formula is C30H41N5O2. The molecule has 7 nitrogen and oxygen atoms in total. The standard InChI is InChI=1S/C22H31N5.C8H10O2/c1-6-8-9-18(15-23-7-2)22-16-25-20-11-10-19(14-21(20)26-22)27(5)13-12-24-17(3)4;1-9-7-4-3-5-8(6-7)10-2/h7,9-11,14-17,24H,2,6,8,12-13H2,1,3-5H3;3-6H,1-2H3/b18-9+,23-15?;. The maximum atomic E-state index is 4.98. The van der Waals surface area contributed by atoms with Crippen molar-refractivity contribution in [3.05, 3.63) is 73.2 Å². The van der Waals surface area contributed by atoms with E-state index < -0.39 is 0 Å². The molecule has 0 spiro atoms. The number of unbranched alkanes of at least 4 members (excludes halogenated alkanes) is 1. The molecule has 0 saturated heterocycles. The van der Waals surface area contributed by atoms with Crippen LogP contribution < -0.4 is 19.7 Å². The maximum Gasteiger partial charge on any atom is 0.122 e. The summed E-state index contributed by atoms with van der Waals surface area (Å²) in [6.07, 6.45) is 9.35. The lowest BCUT2D eigenvalue weighted by Gasteiger charge is -2.20. The Hall–Kier alpha value is -3.71. The number of fused-ring (bicyclic) bond motifs is 1. The van der Waals surface area contributed by atoms with Crippen LogP contribution in [-0.4, -0.2) is 56.6 Å². The number of anilines is 1. The van der Waals surface area contributed by atoms with Crippen LogP contribution in [0.4, 0.5) is 5.69 Å². The molecule has 0 unspecified atom stereocenters. The van der Waals surface area contributed by atoms with Crippen molar-refractivity contribution in [2.24, 2.45) is 4.99 Å². The van der Waals surface area contributed by atoms with Crippen molar-refractivity contribution in [1.29, 1.82) is 0 Å². The molecule has 3 aromatic rings. The topological polar surface area (TPSA) is 71.9 Å². The molecule has 1 heterocycles. The zero-order valence-electron chi connectivity index (χ0n) is 23.1. The summed E-state index contributed by atoms with van der Waals surface area (Å²) >= 11 is 0. The van der Waals surface area contributed by atoms with Crippen LogP contribution in [0.15, 0.2) is 72.5 Å². The average molecular weight is 504 g/mol. The van der Waals surface area contributed by atoms with Gasteiger partial charge in [0.25, 0.3) is 0 Å². The van der Waals surface area contributed by atoms with Crippen molar-refractivity contribution in [1.82, 2.24) is 15.3 Å². The van der Waals surface area contributed by atoms with Gasteiger partial charge in [-0.05, 0) is 36.8 Å². The molecule has 0 aliphatic heterocycles. The van der Waals surface area contributed by atoms with Gasteiger partial charge in [-0.25, -0.2) is 4.98 Å². The van der Waals surface area contributed by atoms with E-state index in [1.807, 2.05) is 36.5 Å². The predicted molar refractivity (Wildman–Crippen MR) is 157 cm³/mol. The van der Waals surface area contributed by atoms with Crippen LogP contribution in [0, 0.1) is 0 Å². The first-order valence-electron chi connectivity index (χ1n) is 12.7. The fraction of sp³-hybridized carbons (Fsp3) is 0.367. The van der Waals surface area contributed by atoms with E-state index >= 15 is 0 Å². The highest BCUT2D eigenvalue weighted by Gasteiger charge is 2.07.